The van der Waals surface area contributed by atoms with Crippen molar-refractivity contribution in [2.24, 2.45) is 0 Å². The maximum absolute atomic E-state index is 6.42. The van der Waals surface area contributed by atoms with Crippen molar-refractivity contribution in [3.05, 3.63) is 83.7 Å². The number of methoxy groups -OCH3 is 1. The molecule has 7 nitrogen and oxygen atoms in total. The van der Waals surface area contributed by atoms with Gasteiger partial charge in [-0.15, -0.1) is 0 Å². The predicted molar refractivity (Wildman–Crippen MR) is 126 cm³/mol. The van der Waals surface area contributed by atoms with Crippen LogP contribution in [0, 0.1) is 0 Å². The second-order valence-corrected chi connectivity index (χ2v) is 7.90. The van der Waals surface area contributed by atoms with Gasteiger partial charge in [-0.1, -0.05) is 48.0 Å². The molecule has 0 aliphatic heterocycles. The van der Waals surface area contributed by atoms with Crippen molar-refractivity contribution in [2.45, 2.75) is 19.5 Å². The van der Waals surface area contributed by atoms with Crippen LogP contribution >= 0.6 is 11.6 Å². The lowest BCUT2D eigenvalue weighted by Crippen LogP contribution is -2.11. The minimum Gasteiger partial charge on any atom is -0.497 e. The van der Waals surface area contributed by atoms with Crippen LogP contribution in [0.2, 0.25) is 5.15 Å². The molecule has 5 rings (SSSR count). The fourth-order valence-corrected chi connectivity index (χ4v) is 3.98. The van der Waals surface area contributed by atoms with E-state index in [1.54, 1.807) is 19.8 Å². The summed E-state index contributed by atoms with van der Waals surface area (Å²) in [5.41, 5.74) is 3.43. The van der Waals surface area contributed by atoms with Crippen LogP contribution in [0.4, 0.5) is 5.82 Å². The van der Waals surface area contributed by atoms with Crippen molar-refractivity contribution in [3.8, 4) is 5.75 Å². The monoisotopic (exact) mass is 444 g/mol. The van der Waals surface area contributed by atoms with Crippen molar-refractivity contribution >= 4 is 39.4 Å². The lowest BCUT2D eigenvalue weighted by molar-refractivity contribution is 0.414. The summed E-state index contributed by atoms with van der Waals surface area (Å²) in [6, 6.07) is 17.8. The largest absolute Gasteiger partial charge is 0.497 e. The normalized spacial score (nSPS) is 12.2. The van der Waals surface area contributed by atoms with Gasteiger partial charge in [0.2, 0.25) is 0 Å². The Balaban J connectivity index is 1.42. The van der Waals surface area contributed by atoms with Crippen molar-refractivity contribution in [3.63, 3.8) is 0 Å². The summed E-state index contributed by atoms with van der Waals surface area (Å²) in [6.45, 7) is 2.67. The van der Waals surface area contributed by atoms with Crippen LogP contribution in [0.5, 0.6) is 5.75 Å². The van der Waals surface area contributed by atoms with E-state index in [-0.39, 0.29) is 6.04 Å². The molecule has 0 radical (unpaired) electrons. The topological polar surface area (TPSA) is 77.8 Å². The average molecular weight is 445 g/mol. The molecule has 0 amide bonds. The number of pyridine rings is 1. The summed E-state index contributed by atoms with van der Waals surface area (Å²) < 4.78 is 7.23. The molecule has 0 bridgehead atoms. The van der Waals surface area contributed by atoms with Gasteiger partial charge < -0.3 is 14.6 Å². The van der Waals surface area contributed by atoms with Crippen LogP contribution in [0.25, 0.3) is 21.9 Å². The highest BCUT2D eigenvalue weighted by Gasteiger charge is 2.15. The number of rotatable bonds is 6. The van der Waals surface area contributed by atoms with Gasteiger partial charge in [0, 0.05) is 5.39 Å². The summed E-state index contributed by atoms with van der Waals surface area (Å²) in [5.74, 6) is 1.48. The fourth-order valence-electron chi connectivity index (χ4n) is 3.71. The summed E-state index contributed by atoms with van der Waals surface area (Å²) >= 11 is 6.42. The first-order valence-corrected chi connectivity index (χ1v) is 10.6. The lowest BCUT2D eigenvalue weighted by Gasteiger charge is -2.15. The zero-order valence-corrected chi connectivity index (χ0v) is 18.4. The summed E-state index contributed by atoms with van der Waals surface area (Å²) in [5, 5.41) is 5.90. The highest BCUT2D eigenvalue weighted by molar-refractivity contribution is 6.34. The molecule has 1 N–H and O–H groups in total. The van der Waals surface area contributed by atoms with Gasteiger partial charge in [0.15, 0.2) is 11.5 Å². The van der Waals surface area contributed by atoms with Crippen LogP contribution in [0.1, 0.15) is 24.2 Å². The Morgan fingerprint density at radius 1 is 1.06 bits per heavy atom. The Morgan fingerprint density at radius 3 is 2.69 bits per heavy atom. The summed E-state index contributed by atoms with van der Waals surface area (Å²) in [7, 11) is 1.66. The quantitative estimate of drug-likeness (QED) is 0.360. The molecule has 0 saturated carbocycles. The number of hydrogen-bond donors (Lipinski definition) is 1. The van der Waals surface area contributed by atoms with E-state index < -0.39 is 0 Å². The first-order valence-electron chi connectivity index (χ1n) is 10.2. The Bertz CT molecular complexity index is 1400. The standard InChI is InChI=1S/C24H21ClN6O/c1-15(20-11-17-5-3-4-6-19(17)22(25)30-20)29-23-21-24(27-13-26-23)31(14-28-21)12-16-7-9-18(32-2)10-8-16/h3-11,13-15H,12H2,1-2H3,(H,26,27,29)/t15-/m0/s1. The van der Waals surface area contributed by atoms with E-state index in [9.17, 15) is 0 Å². The third-order valence-corrected chi connectivity index (χ3v) is 5.71. The number of anilines is 1. The minimum atomic E-state index is -0.123. The Labute approximate surface area is 190 Å². The molecule has 3 aromatic heterocycles. The second kappa shape index (κ2) is 8.43. The van der Waals surface area contributed by atoms with Gasteiger partial charge in [-0.05, 0) is 36.1 Å². The number of ether oxygens (including phenoxy) is 1. The third kappa shape index (κ3) is 3.83. The minimum absolute atomic E-state index is 0.123. The first kappa shape index (κ1) is 20.2. The Morgan fingerprint density at radius 2 is 1.88 bits per heavy atom. The number of benzene rings is 2. The number of imidazole rings is 1. The summed E-state index contributed by atoms with van der Waals surface area (Å²) in [4.78, 5) is 18.0. The predicted octanol–water partition coefficient (Wildman–Crippen LogP) is 5.26. The third-order valence-electron chi connectivity index (χ3n) is 5.42. The molecular formula is C24H21ClN6O. The zero-order chi connectivity index (χ0) is 22.1. The van der Waals surface area contributed by atoms with Gasteiger partial charge in [0.1, 0.15) is 22.7 Å². The molecule has 5 aromatic rings. The molecule has 0 aliphatic rings. The fraction of sp³-hybridized carbons (Fsp3) is 0.167. The van der Waals surface area contributed by atoms with Gasteiger partial charge >= 0.3 is 0 Å². The van der Waals surface area contributed by atoms with Gasteiger partial charge in [0.05, 0.1) is 31.7 Å². The number of halogens is 1. The zero-order valence-electron chi connectivity index (χ0n) is 17.7. The van der Waals surface area contributed by atoms with Gasteiger partial charge in [0.25, 0.3) is 0 Å². The van der Waals surface area contributed by atoms with E-state index in [1.165, 1.54) is 0 Å². The molecular weight excluding hydrogens is 424 g/mol. The van der Waals surface area contributed by atoms with Gasteiger partial charge in [-0.2, -0.15) is 0 Å². The van der Waals surface area contributed by atoms with Gasteiger partial charge in [-0.3, -0.25) is 0 Å². The smallest absolute Gasteiger partial charge is 0.165 e. The summed E-state index contributed by atoms with van der Waals surface area (Å²) in [6.07, 6.45) is 3.33. The molecule has 0 aliphatic carbocycles. The SMILES string of the molecule is COc1ccc(Cn2cnc3c(N[C@@H](C)c4cc5ccccc5c(Cl)n4)ncnc32)cc1. The molecule has 0 spiro atoms. The average Bonchev–Trinajstić information content (AvgIpc) is 3.23. The maximum atomic E-state index is 6.42. The van der Waals surface area contributed by atoms with Crippen LogP contribution < -0.4 is 10.1 Å². The molecule has 1 atom stereocenters. The van der Waals surface area contributed by atoms with Crippen molar-refractivity contribution < 1.29 is 4.74 Å². The molecule has 32 heavy (non-hydrogen) atoms. The van der Waals surface area contributed by atoms with E-state index in [0.717, 1.165) is 33.4 Å². The molecule has 2 aromatic carbocycles. The highest BCUT2D eigenvalue weighted by atomic mass is 35.5. The molecule has 0 saturated heterocycles. The number of nitrogens with one attached hydrogen (secondary N) is 1. The van der Waals surface area contributed by atoms with Crippen LogP contribution in [-0.2, 0) is 6.54 Å². The number of nitrogens with zero attached hydrogens (tertiary/aromatic N) is 5. The molecule has 160 valence electrons. The number of hydrogen-bond acceptors (Lipinski definition) is 6. The van der Waals surface area contributed by atoms with E-state index in [1.807, 2.05) is 66.1 Å². The van der Waals surface area contributed by atoms with Crippen LogP contribution in [-0.4, -0.2) is 31.6 Å². The molecule has 8 heteroatoms. The molecule has 3 heterocycles. The Kier molecular flexibility index (Phi) is 5.33. The lowest BCUT2D eigenvalue weighted by atomic mass is 10.1. The molecule has 0 fully saturated rings. The van der Waals surface area contributed by atoms with E-state index in [4.69, 9.17) is 16.3 Å². The van der Waals surface area contributed by atoms with Gasteiger partial charge in [-0.25, -0.2) is 19.9 Å². The number of fused-ring (bicyclic) bond motifs is 2. The highest BCUT2D eigenvalue weighted by Crippen LogP contribution is 2.28. The van der Waals surface area contributed by atoms with E-state index in [2.05, 4.69) is 25.3 Å². The Hall–Kier alpha value is -3.71. The first-order chi connectivity index (χ1) is 15.6. The van der Waals surface area contributed by atoms with E-state index in [0.29, 0.717) is 23.0 Å². The molecule has 0 unspecified atom stereocenters. The van der Waals surface area contributed by atoms with Crippen LogP contribution in [0.15, 0.2) is 67.3 Å². The van der Waals surface area contributed by atoms with Crippen LogP contribution in [0.3, 0.4) is 0 Å². The van der Waals surface area contributed by atoms with E-state index >= 15 is 0 Å². The van der Waals surface area contributed by atoms with Crippen molar-refractivity contribution in [1.82, 2.24) is 24.5 Å². The second-order valence-electron chi connectivity index (χ2n) is 7.54. The maximum Gasteiger partial charge on any atom is 0.165 e. The number of aromatic nitrogens is 5. The van der Waals surface area contributed by atoms with Crippen molar-refractivity contribution in [2.75, 3.05) is 12.4 Å². The van der Waals surface area contributed by atoms with Crippen molar-refractivity contribution in [1.29, 1.82) is 0 Å².